The molecule has 4 atom stereocenters. The normalized spacial score (nSPS) is 29.0. The topological polar surface area (TPSA) is 177 Å². The third kappa shape index (κ3) is 3.73. The number of rotatable bonds is 4. The van der Waals surface area contributed by atoms with Gasteiger partial charge in [-0.25, -0.2) is 9.36 Å². The number of aliphatic hydroxyl groups excluding tert-OH is 2. The molecule has 1 aromatic rings. The van der Waals surface area contributed by atoms with Gasteiger partial charge in [0.25, 0.3) is 0 Å². The molecule has 1 aliphatic rings. The van der Waals surface area contributed by atoms with E-state index in [1.165, 1.54) is 6.20 Å². The highest BCUT2D eigenvalue weighted by molar-refractivity contribution is 9.10. The Labute approximate surface area is 131 Å². The largest absolute Gasteiger partial charge is 0.469 e. The highest BCUT2D eigenvalue weighted by atomic mass is 79.9. The molecule has 1 saturated heterocycles. The molecule has 0 radical (unpaired) electrons. The summed E-state index contributed by atoms with van der Waals surface area (Å²) in [5.74, 6) is -0.0596. The van der Waals surface area contributed by atoms with Crippen LogP contribution < -0.4 is 11.4 Å². The number of aromatic nitrogens is 2. The van der Waals surface area contributed by atoms with Gasteiger partial charge in [-0.05, 0) is 15.9 Å². The predicted molar refractivity (Wildman–Crippen MR) is 74.5 cm³/mol. The van der Waals surface area contributed by atoms with E-state index < -0.39 is 44.7 Å². The van der Waals surface area contributed by atoms with Gasteiger partial charge in [0.2, 0.25) is 0 Å². The zero-order chi connectivity index (χ0) is 16.7. The van der Waals surface area contributed by atoms with Gasteiger partial charge >= 0.3 is 13.5 Å². The number of ether oxygens (including phenoxy) is 1. The molecule has 0 saturated carbocycles. The Morgan fingerprint density at radius 2 is 2.09 bits per heavy atom. The first-order valence-electron chi connectivity index (χ1n) is 5.86. The van der Waals surface area contributed by atoms with E-state index in [0.717, 1.165) is 4.57 Å². The minimum Gasteiger partial charge on any atom is -0.387 e. The fourth-order valence-corrected chi connectivity index (χ4v) is 2.56. The van der Waals surface area contributed by atoms with Crippen LogP contribution in [0.4, 0.5) is 5.82 Å². The van der Waals surface area contributed by atoms with E-state index in [1.807, 2.05) is 0 Å². The monoisotopic (exact) mass is 401 g/mol. The summed E-state index contributed by atoms with van der Waals surface area (Å²) in [6, 6.07) is 0. The average molecular weight is 402 g/mol. The summed E-state index contributed by atoms with van der Waals surface area (Å²) in [6.07, 6.45) is -4.37. The van der Waals surface area contributed by atoms with E-state index in [0.29, 0.717) is 0 Å². The molecule has 0 unspecified atom stereocenters. The van der Waals surface area contributed by atoms with Gasteiger partial charge in [0.15, 0.2) is 6.23 Å². The minimum absolute atomic E-state index is 0.0596. The van der Waals surface area contributed by atoms with Crippen molar-refractivity contribution in [1.29, 1.82) is 0 Å². The smallest absolute Gasteiger partial charge is 0.387 e. The van der Waals surface area contributed by atoms with Gasteiger partial charge in [-0.15, -0.1) is 0 Å². The fourth-order valence-electron chi connectivity index (χ4n) is 1.91. The molecule has 1 aromatic heterocycles. The molecule has 13 heteroatoms. The Morgan fingerprint density at radius 1 is 1.45 bits per heavy atom. The molecule has 1 fully saturated rings. The maximum absolute atomic E-state index is 11.8. The second-order valence-corrected chi connectivity index (χ2v) is 6.59. The second-order valence-electron chi connectivity index (χ2n) is 4.50. The Bertz CT molecular complexity index is 663. The third-order valence-electron chi connectivity index (χ3n) is 2.95. The average Bonchev–Trinajstić information content (AvgIpc) is 2.68. The van der Waals surface area contributed by atoms with Crippen LogP contribution in [0.25, 0.3) is 0 Å². The highest BCUT2D eigenvalue weighted by Gasteiger charge is 2.45. The van der Waals surface area contributed by atoms with E-state index in [-0.39, 0.29) is 10.3 Å². The summed E-state index contributed by atoms with van der Waals surface area (Å²) in [5, 5.41) is 19.8. The molecule has 0 bridgehead atoms. The van der Waals surface area contributed by atoms with E-state index in [9.17, 15) is 19.6 Å². The van der Waals surface area contributed by atoms with Crippen LogP contribution in [0.1, 0.15) is 6.23 Å². The summed E-state index contributed by atoms with van der Waals surface area (Å²) in [5.41, 5.74) is 4.62. The first kappa shape index (κ1) is 17.5. The Balaban J connectivity index is 2.22. The first-order valence-corrected chi connectivity index (χ1v) is 8.18. The second kappa shape index (κ2) is 6.34. The maximum atomic E-state index is 11.8. The number of phosphoric acid groups is 1. The molecule has 1 aliphatic heterocycles. The van der Waals surface area contributed by atoms with Gasteiger partial charge in [0.1, 0.15) is 24.1 Å². The lowest BCUT2D eigenvalue weighted by Crippen LogP contribution is -2.36. The predicted octanol–water partition coefficient (Wildman–Crippen LogP) is -1.68. The molecule has 22 heavy (non-hydrogen) atoms. The maximum Gasteiger partial charge on any atom is 0.469 e. The van der Waals surface area contributed by atoms with Gasteiger partial charge < -0.3 is 30.5 Å². The molecular formula is C9H13BrN3O8P. The van der Waals surface area contributed by atoms with Crippen LogP contribution in [0, 0.1) is 0 Å². The lowest BCUT2D eigenvalue weighted by molar-refractivity contribution is -0.0543. The van der Waals surface area contributed by atoms with Crippen LogP contribution in [0.15, 0.2) is 15.5 Å². The lowest BCUT2D eigenvalue weighted by atomic mass is 10.1. The van der Waals surface area contributed by atoms with Crippen LogP contribution >= 0.6 is 23.8 Å². The van der Waals surface area contributed by atoms with E-state index >= 15 is 0 Å². The van der Waals surface area contributed by atoms with E-state index in [1.54, 1.807) is 0 Å². The summed E-state index contributed by atoms with van der Waals surface area (Å²) < 4.78 is 21.3. The van der Waals surface area contributed by atoms with Crippen LogP contribution in [-0.4, -0.2) is 54.5 Å². The minimum atomic E-state index is -4.76. The SMILES string of the molecule is Nc1nc(=O)n([C@@H]2O[C@H](COP(=O)(O)O)[C@@H](O)[C@H]2O)cc1Br. The van der Waals surface area contributed by atoms with E-state index in [4.69, 9.17) is 20.3 Å². The number of anilines is 1. The zero-order valence-electron chi connectivity index (χ0n) is 10.8. The standard InChI is InChI=1S/C9H13BrN3O8P/c10-3-1-13(9(16)12-7(3)11)8-6(15)5(14)4(21-8)2-20-22(17,18)19/h1,4-6,8,14-15H,2H2,(H2,11,12,16)(H2,17,18,19)/t4-,5-,6-,8-/m1/s1. The number of nitrogen functional groups attached to an aromatic ring is 1. The van der Waals surface area contributed by atoms with Crippen LogP contribution in [0.5, 0.6) is 0 Å². The van der Waals surface area contributed by atoms with Crippen molar-refractivity contribution >= 4 is 29.6 Å². The van der Waals surface area contributed by atoms with Gasteiger partial charge in [0.05, 0.1) is 11.1 Å². The van der Waals surface area contributed by atoms with E-state index in [2.05, 4.69) is 25.4 Å². The lowest BCUT2D eigenvalue weighted by Gasteiger charge is -2.17. The molecule has 6 N–H and O–H groups in total. The van der Waals surface area contributed by atoms with Crippen molar-refractivity contribution in [2.45, 2.75) is 24.5 Å². The number of hydrogen-bond donors (Lipinski definition) is 5. The molecule has 0 amide bonds. The molecule has 2 heterocycles. The Kier molecular flexibility index (Phi) is 5.04. The van der Waals surface area contributed by atoms with Crippen molar-refractivity contribution in [2.24, 2.45) is 0 Å². The zero-order valence-corrected chi connectivity index (χ0v) is 13.3. The number of halogens is 1. The summed E-state index contributed by atoms with van der Waals surface area (Å²) in [7, 11) is -4.76. The van der Waals surface area contributed by atoms with Gasteiger partial charge in [-0.3, -0.25) is 9.09 Å². The van der Waals surface area contributed by atoms with Crippen LogP contribution in [0.2, 0.25) is 0 Å². The molecule has 0 spiro atoms. The van der Waals surface area contributed by atoms with Crippen molar-refractivity contribution in [3.63, 3.8) is 0 Å². The first-order chi connectivity index (χ1) is 10.1. The van der Waals surface area contributed by atoms with Crippen molar-refractivity contribution in [3.05, 3.63) is 21.2 Å². The van der Waals surface area contributed by atoms with Crippen molar-refractivity contribution < 1.29 is 33.8 Å². The molecule has 0 aliphatic carbocycles. The molecule has 0 aromatic carbocycles. The number of nitrogens with zero attached hydrogens (tertiary/aromatic N) is 2. The summed E-state index contributed by atoms with van der Waals surface area (Å²) in [6.45, 7) is -0.669. The molecular weight excluding hydrogens is 389 g/mol. The van der Waals surface area contributed by atoms with Crippen molar-refractivity contribution in [2.75, 3.05) is 12.3 Å². The number of nitrogens with two attached hydrogens (primary N) is 1. The molecule has 11 nitrogen and oxygen atoms in total. The summed E-state index contributed by atoms with van der Waals surface area (Å²) >= 11 is 3.06. The van der Waals surface area contributed by atoms with Crippen molar-refractivity contribution in [1.82, 2.24) is 9.55 Å². The number of hydrogen-bond acceptors (Lipinski definition) is 8. The Hall–Kier alpha value is -0.850. The molecule has 2 rings (SSSR count). The Morgan fingerprint density at radius 3 is 2.68 bits per heavy atom. The van der Waals surface area contributed by atoms with Gasteiger partial charge in [-0.1, -0.05) is 0 Å². The fraction of sp³-hybridized carbons (Fsp3) is 0.556. The quantitative estimate of drug-likeness (QED) is 0.365. The van der Waals surface area contributed by atoms with Crippen molar-refractivity contribution in [3.8, 4) is 0 Å². The van der Waals surface area contributed by atoms with Gasteiger partial charge in [0, 0.05) is 6.20 Å². The molecule has 124 valence electrons. The van der Waals surface area contributed by atoms with Gasteiger partial charge in [-0.2, -0.15) is 4.98 Å². The number of aliphatic hydroxyl groups is 2. The number of phosphoric ester groups is 1. The highest BCUT2D eigenvalue weighted by Crippen LogP contribution is 2.38. The van der Waals surface area contributed by atoms with Crippen LogP contribution in [-0.2, 0) is 13.8 Å². The third-order valence-corrected chi connectivity index (χ3v) is 4.05. The summed E-state index contributed by atoms with van der Waals surface area (Å²) in [4.78, 5) is 32.5. The van der Waals surface area contributed by atoms with Crippen LogP contribution in [0.3, 0.4) is 0 Å².